The highest BCUT2D eigenvalue weighted by atomic mass is 32.2. The van der Waals surface area contributed by atoms with Crippen molar-refractivity contribution in [2.75, 3.05) is 18.6 Å². The Bertz CT molecular complexity index is 1500. The zero-order valence-corrected chi connectivity index (χ0v) is 23.4. The molecular formula is C21H18N6O8S4. The van der Waals surface area contributed by atoms with Gasteiger partial charge in [-0.3, -0.25) is 14.5 Å². The van der Waals surface area contributed by atoms with E-state index in [-0.39, 0.29) is 29.5 Å². The summed E-state index contributed by atoms with van der Waals surface area (Å²) in [5.41, 5.74) is 2.49. The molecule has 204 valence electrons. The van der Waals surface area contributed by atoms with E-state index in [2.05, 4.69) is 24.8 Å². The molecule has 3 aromatic rings. The van der Waals surface area contributed by atoms with E-state index < -0.39 is 35.0 Å². The van der Waals surface area contributed by atoms with Crippen LogP contribution in [-0.4, -0.2) is 72.8 Å². The van der Waals surface area contributed by atoms with Crippen molar-refractivity contribution in [1.82, 2.24) is 24.6 Å². The Morgan fingerprint density at radius 2 is 2.15 bits per heavy atom. The number of β-lactam (4-membered cyclic amide) rings is 1. The van der Waals surface area contributed by atoms with Crippen LogP contribution in [0.5, 0.6) is 0 Å². The summed E-state index contributed by atoms with van der Waals surface area (Å²) in [6.07, 6.45) is 1.43. The number of fused-ring (bicyclic) bond motifs is 1. The number of nitrogens with one attached hydrogen (secondary N) is 1. The summed E-state index contributed by atoms with van der Waals surface area (Å²) in [6.45, 7) is 1.14. The van der Waals surface area contributed by atoms with E-state index in [1.807, 2.05) is 0 Å². The van der Waals surface area contributed by atoms with Crippen LogP contribution in [0, 0.1) is 6.92 Å². The lowest BCUT2D eigenvalue weighted by Gasteiger charge is -2.49. The minimum absolute atomic E-state index is 0.0625. The SMILES string of the molecule is CON=C(C(=O)NC1C(=O)N2C(C(=O)OCc3oc(=O)oc3C)=C(CSc3ncns3)CS[C@@H]12)c1cscn1. The van der Waals surface area contributed by atoms with Crippen molar-refractivity contribution in [3.8, 4) is 0 Å². The normalized spacial score (nSPS) is 19.0. The molecule has 0 aromatic carbocycles. The van der Waals surface area contributed by atoms with E-state index >= 15 is 0 Å². The summed E-state index contributed by atoms with van der Waals surface area (Å²) in [6, 6.07) is -0.919. The van der Waals surface area contributed by atoms with Gasteiger partial charge in [-0.25, -0.2) is 19.6 Å². The number of rotatable bonds is 10. The number of nitrogens with zero attached hydrogens (tertiary/aromatic N) is 5. The van der Waals surface area contributed by atoms with Gasteiger partial charge in [0.05, 0.1) is 5.51 Å². The fraction of sp³-hybridized carbons (Fsp3) is 0.333. The number of carbonyl (C=O) groups is 3. The molecule has 0 aliphatic carbocycles. The van der Waals surface area contributed by atoms with Crippen molar-refractivity contribution >= 4 is 69.9 Å². The number of aromatic nitrogens is 3. The Hall–Kier alpha value is -3.48. The summed E-state index contributed by atoms with van der Waals surface area (Å²) in [5.74, 6) is -1.83. The van der Waals surface area contributed by atoms with Gasteiger partial charge in [0.2, 0.25) is 0 Å². The Morgan fingerprint density at radius 3 is 2.82 bits per heavy atom. The molecule has 3 aromatic heterocycles. The molecule has 0 spiro atoms. The van der Waals surface area contributed by atoms with Gasteiger partial charge in [-0.1, -0.05) is 16.9 Å². The second-order valence-corrected chi connectivity index (χ2v) is 11.6. The van der Waals surface area contributed by atoms with E-state index in [0.717, 1.165) is 0 Å². The molecule has 5 rings (SSSR count). The van der Waals surface area contributed by atoms with Crippen LogP contribution >= 0.6 is 46.4 Å². The monoisotopic (exact) mass is 610 g/mol. The van der Waals surface area contributed by atoms with Crippen LogP contribution in [0.1, 0.15) is 17.2 Å². The molecule has 1 saturated heterocycles. The Balaban J connectivity index is 1.35. The maximum absolute atomic E-state index is 13.3. The van der Waals surface area contributed by atoms with Crippen molar-refractivity contribution in [2.24, 2.45) is 5.16 Å². The molecule has 5 heterocycles. The summed E-state index contributed by atoms with van der Waals surface area (Å²) in [4.78, 5) is 65.2. The quantitative estimate of drug-likeness (QED) is 0.115. The summed E-state index contributed by atoms with van der Waals surface area (Å²) in [7, 11) is 1.30. The van der Waals surface area contributed by atoms with Crippen LogP contribution in [0.4, 0.5) is 0 Å². The van der Waals surface area contributed by atoms with Crippen molar-refractivity contribution < 1.29 is 32.8 Å². The third kappa shape index (κ3) is 5.63. The third-order valence-corrected chi connectivity index (χ3v) is 9.29. The maximum atomic E-state index is 13.3. The topological polar surface area (TPSA) is 179 Å². The van der Waals surface area contributed by atoms with Crippen molar-refractivity contribution in [3.05, 3.63) is 56.3 Å². The molecule has 1 fully saturated rings. The van der Waals surface area contributed by atoms with Crippen LogP contribution in [0.2, 0.25) is 0 Å². The first-order valence-electron chi connectivity index (χ1n) is 11.0. The largest absolute Gasteiger partial charge is 0.519 e. The van der Waals surface area contributed by atoms with Crippen LogP contribution in [0.3, 0.4) is 0 Å². The number of ether oxygens (including phenoxy) is 1. The fourth-order valence-corrected chi connectivity index (χ4v) is 7.16. The van der Waals surface area contributed by atoms with Crippen LogP contribution in [0.25, 0.3) is 0 Å². The first kappa shape index (κ1) is 27.1. The minimum Gasteiger partial charge on any atom is -0.453 e. The maximum Gasteiger partial charge on any atom is 0.519 e. The van der Waals surface area contributed by atoms with Gasteiger partial charge in [-0.15, -0.1) is 23.1 Å². The highest BCUT2D eigenvalue weighted by Crippen LogP contribution is 2.42. The molecule has 39 heavy (non-hydrogen) atoms. The average molecular weight is 611 g/mol. The second-order valence-electron chi connectivity index (χ2n) is 7.81. The zero-order valence-electron chi connectivity index (χ0n) is 20.1. The lowest BCUT2D eigenvalue weighted by atomic mass is 10.0. The highest BCUT2D eigenvalue weighted by Gasteiger charge is 2.54. The molecule has 14 nitrogen and oxygen atoms in total. The molecule has 0 bridgehead atoms. The fourth-order valence-electron chi connectivity index (χ4n) is 3.70. The van der Waals surface area contributed by atoms with E-state index in [0.29, 0.717) is 27.1 Å². The minimum atomic E-state index is -0.919. The van der Waals surface area contributed by atoms with Gasteiger partial charge in [-0.05, 0) is 24.0 Å². The molecule has 18 heteroatoms. The van der Waals surface area contributed by atoms with E-state index in [4.69, 9.17) is 18.4 Å². The first-order valence-corrected chi connectivity index (χ1v) is 14.8. The van der Waals surface area contributed by atoms with Gasteiger partial charge in [-0.2, -0.15) is 4.37 Å². The molecule has 0 saturated carbocycles. The number of carbonyl (C=O) groups excluding carboxylic acids is 3. The molecule has 1 N–H and O–H groups in total. The number of oxime groups is 1. The first-order chi connectivity index (χ1) is 18.9. The number of hydrogen-bond acceptors (Lipinski definition) is 16. The Morgan fingerprint density at radius 1 is 1.31 bits per heavy atom. The summed E-state index contributed by atoms with van der Waals surface area (Å²) in [5, 5.41) is 7.50. The summed E-state index contributed by atoms with van der Waals surface area (Å²) < 4.78 is 19.8. The number of hydrogen-bond donors (Lipinski definition) is 1. The third-order valence-electron chi connectivity index (χ3n) is 5.48. The molecule has 1 unspecified atom stereocenters. The lowest BCUT2D eigenvalue weighted by Crippen LogP contribution is -2.71. The van der Waals surface area contributed by atoms with E-state index in [9.17, 15) is 19.2 Å². The predicted octanol–water partition coefficient (Wildman–Crippen LogP) is 1.39. The van der Waals surface area contributed by atoms with Gasteiger partial charge in [0.25, 0.3) is 11.8 Å². The molecular weight excluding hydrogens is 593 g/mol. The van der Waals surface area contributed by atoms with E-state index in [1.165, 1.54) is 71.7 Å². The number of aryl methyl sites for hydroxylation is 1. The summed E-state index contributed by atoms with van der Waals surface area (Å²) >= 11 is 5.25. The predicted molar refractivity (Wildman–Crippen MR) is 140 cm³/mol. The second kappa shape index (κ2) is 11.7. The number of amides is 2. The molecule has 0 radical (unpaired) electrons. The smallest absolute Gasteiger partial charge is 0.453 e. The Kier molecular flexibility index (Phi) is 8.15. The van der Waals surface area contributed by atoms with Gasteiger partial charge in [0.15, 0.2) is 28.2 Å². The van der Waals surface area contributed by atoms with Crippen molar-refractivity contribution in [3.63, 3.8) is 0 Å². The Labute approximate surface area is 236 Å². The van der Waals surface area contributed by atoms with Gasteiger partial charge >= 0.3 is 11.8 Å². The molecule has 2 aliphatic rings. The molecule has 2 atom stereocenters. The highest BCUT2D eigenvalue weighted by molar-refractivity contribution is 8.01. The number of thiazole rings is 1. The van der Waals surface area contributed by atoms with Crippen molar-refractivity contribution in [1.29, 1.82) is 0 Å². The van der Waals surface area contributed by atoms with Crippen LogP contribution < -0.4 is 11.1 Å². The molecule has 2 aliphatic heterocycles. The van der Waals surface area contributed by atoms with Crippen molar-refractivity contribution in [2.45, 2.75) is 29.3 Å². The van der Waals surface area contributed by atoms with Crippen LogP contribution in [-0.2, 0) is 30.6 Å². The number of thioether (sulfide) groups is 2. The van der Waals surface area contributed by atoms with Gasteiger partial charge < -0.3 is 23.7 Å². The molecule has 2 amide bonds. The number of esters is 1. The van der Waals surface area contributed by atoms with Gasteiger partial charge in [0, 0.05) is 16.9 Å². The lowest BCUT2D eigenvalue weighted by molar-refractivity contribution is -0.153. The van der Waals surface area contributed by atoms with E-state index in [1.54, 1.807) is 10.9 Å². The average Bonchev–Trinajstić information content (AvgIpc) is 3.70. The van der Waals surface area contributed by atoms with Gasteiger partial charge in [0.1, 0.15) is 36.2 Å². The standard InChI is InChI=1S/C21H18N6O8S4/c1-9-12(35-21(31)34-9)3-33-19(30)15-10(5-38-20-22-7-24-39-20)4-37-18-14(17(29)27(15)18)25-16(28)13(26-32-2)11-6-36-8-23-11/h6-8,14,18H,3-5H2,1-2H3,(H,25,28)/t14?,18-/m0/s1. The van der Waals surface area contributed by atoms with Crippen LogP contribution in [0.15, 0.2) is 51.6 Å². The zero-order chi connectivity index (χ0) is 27.5.